The topological polar surface area (TPSA) is 80.9 Å². The average Bonchev–Trinajstić information content (AvgIpc) is 2.80. The van der Waals surface area contributed by atoms with Gasteiger partial charge < -0.3 is 20.4 Å². The Morgan fingerprint density at radius 1 is 0.382 bits per heavy atom. The Labute approximate surface area is 200 Å². The summed E-state index contributed by atoms with van der Waals surface area (Å²) in [6.45, 7) is 7.51. The highest BCUT2D eigenvalue weighted by Gasteiger charge is 2.30. The van der Waals surface area contributed by atoms with Crippen LogP contribution >= 0.6 is 0 Å². The first-order valence-corrected chi connectivity index (χ1v) is 11.3. The number of aromatic hydroxyl groups is 4. The molecule has 0 aliphatic heterocycles. The van der Waals surface area contributed by atoms with Gasteiger partial charge in [0, 0.05) is 11.8 Å². The molecular formula is C30H30O4. The first-order valence-electron chi connectivity index (χ1n) is 11.3. The molecule has 0 unspecified atom stereocenters. The van der Waals surface area contributed by atoms with Crippen molar-refractivity contribution in [3.05, 3.63) is 117 Å². The van der Waals surface area contributed by atoms with Crippen molar-refractivity contribution >= 4 is 0 Å². The molecule has 0 fully saturated rings. The third-order valence-electron chi connectivity index (χ3n) is 6.65. The normalized spacial score (nSPS) is 11.4. The monoisotopic (exact) mass is 454 g/mol. The van der Waals surface area contributed by atoms with Gasteiger partial charge >= 0.3 is 0 Å². The summed E-state index contributed by atoms with van der Waals surface area (Å²) in [5.41, 5.74) is 7.18. The molecule has 0 heterocycles. The number of hydrogen-bond donors (Lipinski definition) is 4. The molecule has 4 aromatic carbocycles. The zero-order valence-electron chi connectivity index (χ0n) is 19.9. The minimum atomic E-state index is -0.161. The van der Waals surface area contributed by atoms with Crippen LogP contribution in [0, 0.1) is 27.7 Å². The Morgan fingerprint density at radius 3 is 0.765 bits per heavy atom. The van der Waals surface area contributed by atoms with Crippen LogP contribution in [-0.4, -0.2) is 20.4 Å². The Morgan fingerprint density at radius 2 is 0.588 bits per heavy atom. The van der Waals surface area contributed by atoms with Crippen LogP contribution in [0.3, 0.4) is 0 Å². The summed E-state index contributed by atoms with van der Waals surface area (Å²) in [6, 6.07) is 22.6. The Hall–Kier alpha value is -3.92. The van der Waals surface area contributed by atoms with Crippen molar-refractivity contribution in [3.8, 4) is 23.0 Å². The molecule has 0 saturated carbocycles. The van der Waals surface area contributed by atoms with Gasteiger partial charge in [0.25, 0.3) is 0 Å². The highest BCUT2D eigenvalue weighted by Crippen LogP contribution is 2.45. The van der Waals surface area contributed by atoms with Gasteiger partial charge in [0.1, 0.15) is 23.0 Å². The van der Waals surface area contributed by atoms with Crippen LogP contribution in [-0.2, 0) is 0 Å². The molecule has 0 spiro atoms. The van der Waals surface area contributed by atoms with E-state index in [1.165, 1.54) is 0 Å². The maximum atomic E-state index is 10.2. The van der Waals surface area contributed by atoms with Crippen LogP contribution in [0.25, 0.3) is 0 Å². The maximum absolute atomic E-state index is 10.2. The first kappa shape index (κ1) is 23.2. The minimum Gasteiger partial charge on any atom is -0.508 e. The van der Waals surface area contributed by atoms with Gasteiger partial charge in [-0.15, -0.1) is 0 Å². The van der Waals surface area contributed by atoms with E-state index in [4.69, 9.17) is 0 Å². The Kier molecular flexibility index (Phi) is 6.25. The summed E-state index contributed by atoms with van der Waals surface area (Å²) in [7, 11) is 0. The lowest BCUT2D eigenvalue weighted by Gasteiger charge is -2.31. The fraction of sp³-hybridized carbons (Fsp3) is 0.200. The standard InChI is InChI=1S/C30H30O4/c1-17-13-21(5-9-25(17)31)29(22-6-10-26(32)18(2)14-22)30(23-7-11-27(33)19(3)15-23)24-8-12-28(34)20(4)16-24/h5-16,29-34H,1-4H3. The number of aryl methyl sites for hydroxylation is 4. The molecule has 174 valence electrons. The molecule has 0 radical (unpaired) electrons. The molecule has 4 N–H and O–H groups in total. The fourth-order valence-corrected chi connectivity index (χ4v) is 4.64. The summed E-state index contributed by atoms with van der Waals surface area (Å²) in [5, 5.41) is 40.8. The molecule has 0 aliphatic carbocycles. The molecule has 0 amide bonds. The lowest BCUT2D eigenvalue weighted by molar-refractivity contribution is 0.468. The summed E-state index contributed by atoms with van der Waals surface area (Å²) < 4.78 is 0. The molecule has 4 aromatic rings. The van der Waals surface area contributed by atoms with Crippen LogP contribution in [0.1, 0.15) is 56.3 Å². The predicted octanol–water partition coefficient (Wildman–Crippen LogP) is 6.71. The van der Waals surface area contributed by atoms with Crippen LogP contribution in [0.15, 0.2) is 72.8 Å². The number of benzene rings is 4. The molecule has 4 rings (SSSR count). The van der Waals surface area contributed by atoms with Gasteiger partial charge in [0.2, 0.25) is 0 Å². The van der Waals surface area contributed by atoms with Crippen molar-refractivity contribution in [1.82, 2.24) is 0 Å². The van der Waals surface area contributed by atoms with E-state index in [2.05, 4.69) is 0 Å². The van der Waals surface area contributed by atoms with Gasteiger partial charge in [-0.3, -0.25) is 0 Å². The number of rotatable bonds is 5. The van der Waals surface area contributed by atoms with Gasteiger partial charge in [0.05, 0.1) is 0 Å². The number of phenolic OH excluding ortho intramolecular Hbond substituents is 4. The van der Waals surface area contributed by atoms with Gasteiger partial charge in [-0.05, 0) is 96.5 Å². The van der Waals surface area contributed by atoms with Gasteiger partial charge in [0.15, 0.2) is 0 Å². The van der Waals surface area contributed by atoms with Crippen LogP contribution < -0.4 is 0 Å². The lowest BCUT2D eigenvalue weighted by atomic mass is 9.72. The van der Waals surface area contributed by atoms with Crippen LogP contribution in [0.4, 0.5) is 0 Å². The van der Waals surface area contributed by atoms with E-state index in [0.717, 1.165) is 44.5 Å². The quantitative estimate of drug-likeness (QED) is 0.270. The van der Waals surface area contributed by atoms with Crippen molar-refractivity contribution in [2.24, 2.45) is 0 Å². The van der Waals surface area contributed by atoms with E-state index < -0.39 is 0 Å². The van der Waals surface area contributed by atoms with Crippen molar-refractivity contribution in [2.75, 3.05) is 0 Å². The van der Waals surface area contributed by atoms with Crippen LogP contribution in [0.2, 0.25) is 0 Å². The largest absolute Gasteiger partial charge is 0.508 e. The Bertz CT molecular complexity index is 1150. The average molecular weight is 455 g/mol. The van der Waals surface area contributed by atoms with E-state index in [1.807, 2.05) is 76.2 Å². The van der Waals surface area contributed by atoms with E-state index >= 15 is 0 Å². The van der Waals surface area contributed by atoms with Crippen molar-refractivity contribution < 1.29 is 20.4 Å². The SMILES string of the molecule is Cc1cc(C(c2ccc(O)c(C)c2)C(c2ccc(O)c(C)c2)c2ccc(O)c(C)c2)ccc1O. The minimum absolute atomic E-state index is 0.161. The summed E-state index contributed by atoms with van der Waals surface area (Å²) >= 11 is 0. The van der Waals surface area contributed by atoms with Crippen molar-refractivity contribution in [2.45, 2.75) is 39.5 Å². The van der Waals surface area contributed by atoms with E-state index in [9.17, 15) is 20.4 Å². The number of hydrogen-bond acceptors (Lipinski definition) is 4. The summed E-state index contributed by atoms with van der Waals surface area (Å²) in [4.78, 5) is 0. The van der Waals surface area contributed by atoms with E-state index in [-0.39, 0.29) is 34.8 Å². The van der Waals surface area contributed by atoms with Crippen molar-refractivity contribution in [1.29, 1.82) is 0 Å². The second-order valence-corrected chi connectivity index (χ2v) is 9.14. The van der Waals surface area contributed by atoms with Gasteiger partial charge in [-0.1, -0.05) is 48.5 Å². The highest BCUT2D eigenvalue weighted by atomic mass is 16.3. The zero-order chi connectivity index (χ0) is 24.6. The second-order valence-electron chi connectivity index (χ2n) is 9.14. The molecule has 4 nitrogen and oxygen atoms in total. The molecule has 0 bridgehead atoms. The van der Waals surface area contributed by atoms with E-state index in [0.29, 0.717) is 0 Å². The zero-order valence-corrected chi connectivity index (χ0v) is 19.9. The number of phenols is 4. The van der Waals surface area contributed by atoms with Crippen molar-refractivity contribution in [3.63, 3.8) is 0 Å². The molecule has 0 aliphatic rings. The molecule has 0 saturated heterocycles. The fourth-order valence-electron chi connectivity index (χ4n) is 4.64. The van der Waals surface area contributed by atoms with E-state index in [1.54, 1.807) is 24.3 Å². The molecular weight excluding hydrogens is 424 g/mol. The third-order valence-corrected chi connectivity index (χ3v) is 6.65. The first-order chi connectivity index (χ1) is 16.2. The lowest BCUT2D eigenvalue weighted by Crippen LogP contribution is -2.15. The molecule has 4 heteroatoms. The van der Waals surface area contributed by atoms with Crippen LogP contribution in [0.5, 0.6) is 23.0 Å². The summed E-state index contributed by atoms with van der Waals surface area (Å²) in [5.74, 6) is 0.630. The smallest absolute Gasteiger partial charge is 0.118 e. The molecule has 0 aromatic heterocycles. The maximum Gasteiger partial charge on any atom is 0.118 e. The molecule has 0 atom stereocenters. The third kappa shape index (κ3) is 4.44. The van der Waals surface area contributed by atoms with Gasteiger partial charge in [-0.2, -0.15) is 0 Å². The molecule has 34 heavy (non-hydrogen) atoms. The predicted molar refractivity (Wildman–Crippen MR) is 135 cm³/mol. The highest BCUT2D eigenvalue weighted by molar-refractivity contribution is 5.52. The van der Waals surface area contributed by atoms with Gasteiger partial charge in [-0.25, -0.2) is 0 Å². The summed E-state index contributed by atoms with van der Waals surface area (Å²) in [6.07, 6.45) is 0. The Balaban J connectivity index is 2.03. The second kappa shape index (κ2) is 9.14.